The molecule has 7 heteroatoms. The highest BCUT2D eigenvalue weighted by molar-refractivity contribution is 6.30. The van der Waals surface area contributed by atoms with Crippen LogP contribution in [0.25, 0.3) is 0 Å². The molecule has 2 aromatic carbocycles. The molecular weight excluding hydrogens is 404 g/mol. The second-order valence-electron chi connectivity index (χ2n) is 7.77. The molecule has 0 aromatic heterocycles. The van der Waals surface area contributed by atoms with Crippen LogP contribution < -0.4 is 10.2 Å². The van der Waals surface area contributed by atoms with Crippen molar-refractivity contribution in [3.8, 4) is 0 Å². The molecule has 0 atom stereocenters. The van der Waals surface area contributed by atoms with Gasteiger partial charge in [-0.1, -0.05) is 55.1 Å². The van der Waals surface area contributed by atoms with E-state index in [1.165, 1.54) is 4.90 Å². The average Bonchev–Trinajstić information content (AvgIpc) is 2.77. The molecule has 1 aliphatic heterocycles. The van der Waals surface area contributed by atoms with Gasteiger partial charge in [0.1, 0.15) is 6.54 Å². The zero-order chi connectivity index (χ0) is 21.1. The summed E-state index contributed by atoms with van der Waals surface area (Å²) in [7, 11) is 0. The standard InChI is InChI=1S/C23H23ClN2O4/c24-17-8-6-7-16(13-17)23(11-4-1-5-12-23)22(29)30-15-21(28)26-14-20(27)25-18-9-2-3-10-19(18)26/h2-3,6-10,13H,1,4-5,11-12,14-15H2,(H,25,27). The molecule has 2 amide bonds. The zero-order valence-corrected chi connectivity index (χ0v) is 17.3. The molecule has 1 aliphatic carbocycles. The van der Waals surface area contributed by atoms with Crippen LogP contribution in [-0.2, 0) is 24.5 Å². The van der Waals surface area contributed by atoms with E-state index in [0.29, 0.717) is 29.2 Å². The first-order valence-electron chi connectivity index (χ1n) is 10.1. The van der Waals surface area contributed by atoms with Gasteiger partial charge in [0.25, 0.3) is 5.91 Å². The monoisotopic (exact) mass is 426 g/mol. The summed E-state index contributed by atoms with van der Waals surface area (Å²) < 4.78 is 5.54. The van der Waals surface area contributed by atoms with Crippen LogP contribution in [0.15, 0.2) is 48.5 Å². The van der Waals surface area contributed by atoms with Crippen molar-refractivity contribution < 1.29 is 19.1 Å². The third-order valence-electron chi connectivity index (χ3n) is 5.87. The van der Waals surface area contributed by atoms with Crippen molar-refractivity contribution in [1.29, 1.82) is 0 Å². The number of amides is 2. The first-order chi connectivity index (χ1) is 14.5. The van der Waals surface area contributed by atoms with Gasteiger partial charge in [-0.25, -0.2) is 0 Å². The number of rotatable bonds is 4. The Bertz CT molecular complexity index is 985. The Morgan fingerprint density at radius 1 is 1.07 bits per heavy atom. The molecule has 0 bridgehead atoms. The Labute approximate surface area is 180 Å². The lowest BCUT2D eigenvalue weighted by Gasteiger charge is -2.36. The van der Waals surface area contributed by atoms with E-state index in [1.54, 1.807) is 36.4 Å². The first-order valence-corrected chi connectivity index (χ1v) is 10.5. The Balaban J connectivity index is 1.52. The molecule has 6 nitrogen and oxygen atoms in total. The van der Waals surface area contributed by atoms with Crippen molar-refractivity contribution in [1.82, 2.24) is 0 Å². The largest absolute Gasteiger partial charge is 0.455 e. The van der Waals surface area contributed by atoms with Crippen LogP contribution in [-0.4, -0.2) is 30.9 Å². The number of anilines is 2. The number of nitrogens with zero attached hydrogens (tertiary/aromatic N) is 1. The predicted molar refractivity (Wildman–Crippen MR) is 115 cm³/mol. The van der Waals surface area contributed by atoms with Gasteiger partial charge in [0.2, 0.25) is 5.91 Å². The topological polar surface area (TPSA) is 75.7 Å². The molecule has 30 heavy (non-hydrogen) atoms. The van der Waals surface area contributed by atoms with E-state index in [0.717, 1.165) is 24.8 Å². The Morgan fingerprint density at radius 2 is 1.83 bits per heavy atom. The molecule has 1 heterocycles. The number of hydrogen-bond acceptors (Lipinski definition) is 4. The molecule has 156 valence electrons. The van der Waals surface area contributed by atoms with Crippen LogP contribution in [0.4, 0.5) is 11.4 Å². The van der Waals surface area contributed by atoms with Crippen LogP contribution in [0, 0.1) is 0 Å². The Kier molecular flexibility index (Phi) is 5.77. The summed E-state index contributed by atoms with van der Waals surface area (Å²) >= 11 is 6.17. The van der Waals surface area contributed by atoms with Gasteiger partial charge in [0.05, 0.1) is 16.8 Å². The van der Waals surface area contributed by atoms with E-state index in [2.05, 4.69) is 5.32 Å². The van der Waals surface area contributed by atoms with Crippen LogP contribution in [0.3, 0.4) is 0 Å². The van der Waals surface area contributed by atoms with E-state index >= 15 is 0 Å². The van der Waals surface area contributed by atoms with E-state index in [1.807, 2.05) is 12.1 Å². The van der Waals surface area contributed by atoms with Gasteiger partial charge in [-0.3, -0.25) is 19.3 Å². The molecule has 1 N–H and O–H groups in total. The number of esters is 1. The summed E-state index contributed by atoms with van der Waals surface area (Å²) in [6.07, 6.45) is 4.21. The van der Waals surface area contributed by atoms with Crippen molar-refractivity contribution in [3.05, 3.63) is 59.1 Å². The maximum atomic E-state index is 13.2. The van der Waals surface area contributed by atoms with Gasteiger partial charge >= 0.3 is 5.97 Å². The normalized spacial score (nSPS) is 17.6. The van der Waals surface area contributed by atoms with E-state index in [4.69, 9.17) is 16.3 Å². The van der Waals surface area contributed by atoms with E-state index < -0.39 is 23.9 Å². The van der Waals surface area contributed by atoms with Gasteiger partial charge in [0, 0.05) is 5.02 Å². The number of carbonyl (C=O) groups excluding carboxylic acids is 3. The predicted octanol–water partition coefficient (Wildman–Crippen LogP) is 4.07. The average molecular weight is 427 g/mol. The van der Waals surface area contributed by atoms with Crippen molar-refractivity contribution in [2.45, 2.75) is 37.5 Å². The fourth-order valence-electron chi connectivity index (χ4n) is 4.35. The number of hydrogen-bond donors (Lipinski definition) is 1. The van der Waals surface area contributed by atoms with Crippen LogP contribution in [0.1, 0.15) is 37.7 Å². The Morgan fingerprint density at radius 3 is 2.60 bits per heavy atom. The molecule has 2 aromatic rings. The SMILES string of the molecule is O=C1CN(C(=O)COC(=O)C2(c3cccc(Cl)c3)CCCCC2)c2ccccc2N1. The molecule has 0 saturated heterocycles. The lowest BCUT2D eigenvalue weighted by atomic mass is 9.69. The van der Waals surface area contributed by atoms with Gasteiger partial charge in [-0.2, -0.15) is 0 Å². The lowest BCUT2D eigenvalue weighted by Crippen LogP contribution is -2.45. The quantitative estimate of drug-likeness (QED) is 0.748. The van der Waals surface area contributed by atoms with Crippen molar-refractivity contribution in [2.24, 2.45) is 0 Å². The number of fused-ring (bicyclic) bond motifs is 1. The second-order valence-corrected chi connectivity index (χ2v) is 8.21. The van der Waals surface area contributed by atoms with Crippen LogP contribution in [0.5, 0.6) is 0 Å². The van der Waals surface area contributed by atoms with E-state index in [-0.39, 0.29) is 12.5 Å². The summed E-state index contributed by atoms with van der Waals surface area (Å²) in [4.78, 5) is 39.4. The number of benzene rings is 2. The van der Waals surface area contributed by atoms with Gasteiger partial charge in [-0.05, 0) is 42.7 Å². The molecule has 4 rings (SSSR count). The molecule has 0 radical (unpaired) electrons. The Hall–Kier alpha value is -2.86. The minimum Gasteiger partial charge on any atom is -0.455 e. The molecular formula is C23H23ClN2O4. The minimum atomic E-state index is -0.791. The number of carbonyl (C=O) groups is 3. The zero-order valence-electron chi connectivity index (χ0n) is 16.5. The van der Waals surface area contributed by atoms with Gasteiger partial charge in [0.15, 0.2) is 6.61 Å². The number of ether oxygens (including phenoxy) is 1. The second kappa shape index (κ2) is 8.48. The van der Waals surface area contributed by atoms with Crippen LogP contribution >= 0.6 is 11.6 Å². The fraction of sp³-hybridized carbons (Fsp3) is 0.348. The third kappa shape index (κ3) is 3.92. The molecule has 0 spiro atoms. The van der Waals surface area contributed by atoms with Crippen LogP contribution in [0.2, 0.25) is 5.02 Å². The maximum Gasteiger partial charge on any atom is 0.317 e. The summed E-state index contributed by atoms with van der Waals surface area (Å²) in [5, 5.41) is 3.31. The van der Waals surface area contributed by atoms with Crippen molar-refractivity contribution >= 4 is 40.8 Å². The highest BCUT2D eigenvalue weighted by atomic mass is 35.5. The first kappa shape index (κ1) is 20.4. The summed E-state index contributed by atoms with van der Waals surface area (Å²) in [6.45, 7) is -0.518. The number of halogens is 1. The van der Waals surface area contributed by atoms with Gasteiger partial charge < -0.3 is 10.1 Å². The summed E-state index contributed by atoms with van der Waals surface area (Å²) in [6, 6.07) is 14.4. The lowest BCUT2D eigenvalue weighted by molar-refractivity contribution is -0.155. The summed E-state index contributed by atoms with van der Waals surface area (Å²) in [5.41, 5.74) is 1.20. The highest BCUT2D eigenvalue weighted by Gasteiger charge is 2.43. The van der Waals surface area contributed by atoms with E-state index in [9.17, 15) is 14.4 Å². The molecule has 1 saturated carbocycles. The minimum absolute atomic E-state index is 0.104. The van der Waals surface area contributed by atoms with Gasteiger partial charge in [-0.15, -0.1) is 0 Å². The smallest absolute Gasteiger partial charge is 0.317 e. The number of para-hydroxylation sites is 2. The number of nitrogens with one attached hydrogen (secondary N) is 1. The maximum absolute atomic E-state index is 13.2. The molecule has 0 unspecified atom stereocenters. The van der Waals surface area contributed by atoms with Crippen molar-refractivity contribution in [2.75, 3.05) is 23.4 Å². The highest BCUT2D eigenvalue weighted by Crippen LogP contribution is 2.41. The molecule has 2 aliphatic rings. The third-order valence-corrected chi connectivity index (χ3v) is 6.11. The fourth-order valence-corrected chi connectivity index (χ4v) is 4.54. The molecule has 1 fully saturated rings. The van der Waals surface area contributed by atoms with Crippen molar-refractivity contribution in [3.63, 3.8) is 0 Å². The summed E-state index contributed by atoms with van der Waals surface area (Å²) in [5.74, 6) is -1.12.